The monoisotopic (exact) mass is 299 g/mol. The second-order valence-electron chi connectivity index (χ2n) is 7.11. The van der Waals surface area contributed by atoms with E-state index >= 15 is 0 Å². The zero-order valence-corrected chi connectivity index (χ0v) is 13.5. The zero-order valence-electron chi connectivity index (χ0n) is 13.5. The minimum atomic E-state index is -0.503. The van der Waals surface area contributed by atoms with Gasteiger partial charge in [-0.2, -0.15) is 0 Å². The molecule has 1 fully saturated rings. The van der Waals surface area contributed by atoms with E-state index in [0.29, 0.717) is 13.0 Å². The highest BCUT2D eigenvalue weighted by Gasteiger charge is 2.33. The van der Waals surface area contributed by atoms with Crippen molar-refractivity contribution in [3.8, 4) is 0 Å². The fourth-order valence-corrected chi connectivity index (χ4v) is 2.87. The van der Waals surface area contributed by atoms with E-state index in [4.69, 9.17) is 9.84 Å². The molecule has 0 aromatic rings. The molecule has 122 valence electrons. The molecule has 5 nitrogen and oxygen atoms in total. The van der Waals surface area contributed by atoms with Crippen LogP contribution in [0.5, 0.6) is 0 Å². The van der Waals surface area contributed by atoms with Crippen LogP contribution in [0.2, 0.25) is 0 Å². The van der Waals surface area contributed by atoms with Crippen molar-refractivity contribution in [1.82, 2.24) is 5.32 Å². The number of alkyl carbamates (subject to hydrolysis) is 1. The summed E-state index contributed by atoms with van der Waals surface area (Å²) in [6, 6.07) is 0. The smallest absolute Gasteiger partial charge is 0.407 e. The summed E-state index contributed by atoms with van der Waals surface area (Å²) >= 11 is 0. The van der Waals surface area contributed by atoms with Crippen LogP contribution in [0.3, 0.4) is 0 Å². The Kier molecular flexibility index (Phi) is 6.65. The lowest BCUT2D eigenvalue weighted by molar-refractivity contribution is -0.122. The molecule has 1 aliphatic carbocycles. The first-order chi connectivity index (χ1) is 9.76. The Hall–Kier alpha value is -1.10. The Morgan fingerprint density at radius 2 is 1.81 bits per heavy atom. The van der Waals surface area contributed by atoms with Gasteiger partial charge in [-0.1, -0.05) is 19.3 Å². The number of hydrogen-bond acceptors (Lipinski definition) is 4. The molecule has 0 aromatic carbocycles. The summed E-state index contributed by atoms with van der Waals surface area (Å²) in [6.45, 7) is 5.66. The molecule has 0 heterocycles. The maximum absolute atomic E-state index is 11.8. The number of ketones is 1. The molecule has 0 aliphatic heterocycles. The van der Waals surface area contributed by atoms with Crippen molar-refractivity contribution in [2.24, 2.45) is 5.41 Å². The number of hydrogen-bond donors (Lipinski definition) is 2. The summed E-state index contributed by atoms with van der Waals surface area (Å²) in [5.74, 6) is -0.128. The van der Waals surface area contributed by atoms with Gasteiger partial charge >= 0.3 is 6.09 Å². The predicted octanol–water partition coefficient (Wildman–Crippen LogP) is 2.80. The van der Waals surface area contributed by atoms with E-state index in [1.54, 1.807) is 0 Å². The molecule has 1 amide bonds. The summed E-state index contributed by atoms with van der Waals surface area (Å²) < 4.78 is 5.26. The molecule has 0 saturated heterocycles. The van der Waals surface area contributed by atoms with Gasteiger partial charge in [0.25, 0.3) is 0 Å². The van der Waals surface area contributed by atoms with Gasteiger partial charge < -0.3 is 15.2 Å². The minimum Gasteiger partial charge on any atom is -0.444 e. The summed E-state index contributed by atoms with van der Waals surface area (Å²) in [4.78, 5) is 23.2. The van der Waals surface area contributed by atoms with Gasteiger partial charge in [0.15, 0.2) is 5.78 Å². The van der Waals surface area contributed by atoms with Gasteiger partial charge in [-0.25, -0.2) is 4.79 Å². The number of ether oxygens (including phenoxy) is 1. The quantitative estimate of drug-likeness (QED) is 0.790. The van der Waals surface area contributed by atoms with E-state index in [1.165, 1.54) is 6.42 Å². The highest BCUT2D eigenvalue weighted by molar-refractivity contribution is 5.79. The van der Waals surface area contributed by atoms with Crippen molar-refractivity contribution in [3.63, 3.8) is 0 Å². The van der Waals surface area contributed by atoms with Crippen molar-refractivity contribution >= 4 is 11.9 Å². The van der Waals surface area contributed by atoms with Gasteiger partial charge in [0, 0.05) is 13.0 Å². The second kappa shape index (κ2) is 7.78. The SMILES string of the molecule is CC(C)(C)OC(=O)NCC1(CCC(=O)CO)CCCCC1. The standard InChI is InChI=1S/C16H29NO4/c1-15(2,3)21-14(20)17-12-16(8-5-4-6-9-16)10-7-13(19)11-18/h18H,4-12H2,1-3H3,(H,17,20). The molecule has 5 heteroatoms. The van der Waals surface area contributed by atoms with Crippen LogP contribution in [-0.4, -0.2) is 35.7 Å². The van der Waals surface area contributed by atoms with Crippen molar-refractivity contribution in [3.05, 3.63) is 0 Å². The molecule has 21 heavy (non-hydrogen) atoms. The lowest BCUT2D eigenvalue weighted by atomic mass is 9.71. The first kappa shape index (κ1) is 18.0. The van der Waals surface area contributed by atoms with Crippen LogP contribution < -0.4 is 5.32 Å². The third-order valence-electron chi connectivity index (χ3n) is 4.03. The molecular weight excluding hydrogens is 270 g/mol. The van der Waals surface area contributed by atoms with Crippen molar-refractivity contribution in [1.29, 1.82) is 0 Å². The Bertz CT molecular complexity index is 354. The third kappa shape index (κ3) is 6.93. The van der Waals surface area contributed by atoms with E-state index < -0.39 is 18.3 Å². The number of rotatable bonds is 6. The van der Waals surface area contributed by atoms with Gasteiger partial charge in [0.2, 0.25) is 0 Å². The fraction of sp³-hybridized carbons (Fsp3) is 0.875. The molecular formula is C16H29NO4. The number of Topliss-reactive ketones (excluding diaryl/α,β-unsaturated/α-hetero) is 1. The van der Waals surface area contributed by atoms with E-state index in [9.17, 15) is 9.59 Å². The first-order valence-electron chi connectivity index (χ1n) is 7.86. The van der Waals surface area contributed by atoms with Gasteiger partial charge in [-0.3, -0.25) is 4.79 Å². The Labute approximate surface area is 127 Å². The van der Waals surface area contributed by atoms with Gasteiger partial charge in [0.05, 0.1) is 0 Å². The maximum atomic E-state index is 11.8. The van der Waals surface area contributed by atoms with Crippen molar-refractivity contribution in [2.45, 2.75) is 71.3 Å². The first-order valence-corrected chi connectivity index (χ1v) is 7.86. The second-order valence-corrected chi connectivity index (χ2v) is 7.11. The van der Waals surface area contributed by atoms with Crippen LogP contribution in [0, 0.1) is 5.41 Å². The van der Waals surface area contributed by atoms with Crippen molar-refractivity contribution < 1.29 is 19.4 Å². The average molecular weight is 299 g/mol. The molecule has 1 rings (SSSR count). The van der Waals surface area contributed by atoms with Crippen LogP contribution in [0.1, 0.15) is 65.7 Å². The van der Waals surface area contributed by atoms with Crippen LogP contribution in [-0.2, 0) is 9.53 Å². The zero-order chi connectivity index (χ0) is 15.9. The molecule has 0 radical (unpaired) electrons. The van der Waals surface area contributed by atoms with Gasteiger partial charge in [-0.05, 0) is 45.4 Å². The highest BCUT2D eigenvalue weighted by atomic mass is 16.6. The number of nitrogens with one attached hydrogen (secondary N) is 1. The molecule has 0 bridgehead atoms. The Morgan fingerprint density at radius 3 is 2.33 bits per heavy atom. The minimum absolute atomic E-state index is 0.0278. The number of amides is 1. The van der Waals surface area contributed by atoms with Gasteiger partial charge in [-0.15, -0.1) is 0 Å². The molecule has 1 aliphatic rings. The summed E-state index contributed by atoms with van der Waals surface area (Å²) in [6.07, 6.45) is 6.20. The highest BCUT2D eigenvalue weighted by Crippen LogP contribution is 2.39. The third-order valence-corrected chi connectivity index (χ3v) is 4.03. The number of aliphatic hydroxyl groups excluding tert-OH is 1. The summed E-state index contributed by atoms with van der Waals surface area (Å²) in [7, 11) is 0. The molecule has 0 spiro atoms. The van der Waals surface area contributed by atoms with E-state index in [1.807, 2.05) is 20.8 Å². The molecule has 2 N–H and O–H groups in total. The largest absolute Gasteiger partial charge is 0.444 e. The van der Waals surface area contributed by atoms with E-state index in [0.717, 1.165) is 32.1 Å². The summed E-state index contributed by atoms with van der Waals surface area (Å²) in [5.41, 5.74) is -0.531. The number of carbonyl (C=O) groups excluding carboxylic acids is 2. The number of aliphatic hydroxyl groups is 1. The fourth-order valence-electron chi connectivity index (χ4n) is 2.87. The topological polar surface area (TPSA) is 75.6 Å². The van der Waals surface area contributed by atoms with Crippen LogP contribution in [0.4, 0.5) is 4.79 Å². The summed E-state index contributed by atoms with van der Waals surface area (Å²) in [5, 5.41) is 11.7. The van der Waals surface area contributed by atoms with E-state index in [-0.39, 0.29) is 11.2 Å². The molecule has 0 aromatic heterocycles. The predicted molar refractivity (Wildman–Crippen MR) is 81.1 cm³/mol. The van der Waals surface area contributed by atoms with Crippen LogP contribution in [0.15, 0.2) is 0 Å². The van der Waals surface area contributed by atoms with E-state index in [2.05, 4.69) is 5.32 Å². The molecule has 0 atom stereocenters. The lowest BCUT2D eigenvalue weighted by Gasteiger charge is -2.37. The molecule has 0 unspecified atom stereocenters. The lowest BCUT2D eigenvalue weighted by Crippen LogP contribution is -2.41. The molecule has 1 saturated carbocycles. The Balaban J connectivity index is 2.53. The normalized spacial score (nSPS) is 18.1. The van der Waals surface area contributed by atoms with Crippen LogP contribution in [0.25, 0.3) is 0 Å². The van der Waals surface area contributed by atoms with Crippen molar-refractivity contribution in [2.75, 3.05) is 13.2 Å². The van der Waals surface area contributed by atoms with Gasteiger partial charge in [0.1, 0.15) is 12.2 Å². The Morgan fingerprint density at radius 1 is 1.19 bits per heavy atom. The maximum Gasteiger partial charge on any atom is 0.407 e. The average Bonchev–Trinajstić information content (AvgIpc) is 2.42. The van der Waals surface area contributed by atoms with Crippen LogP contribution >= 0.6 is 0 Å². The number of carbonyl (C=O) groups is 2.